The van der Waals surface area contributed by atoms with E-state index in [2.05, 4.69) is 30.1 Å². The molecule has 1 N–H and O–H groups in total. The monoisotopic (exact) mass is 252 g/mol. The number of morpholine rings is 1. The van der Waals surface area contributed by atoms with Gasteiger partial charge < -0.3 is 14.5 Å². The van der Waals surface area contributed by atoms with Crippen LogP contribution in [-0.2, 0) is 4.74 Å². The Morgan fingerprint density at radius 1 is 1.44 bits per heavy atom. The molecule has 0 radical (unpaired) electrons. The average Bonchev–Trinajstić information content (AvgIpc) is 2.75. The van der Waals surface area contributed by atoms with E-state index < -0.39 is 0 Å². The molecule has 1 saturated heterocycles. The van der Waals surface area contributed by atoms with Gasteiger partial charge in [0.2, 0.25) is 0 Å². The van der Waals surface area contributed by atoms with Crippen LogP contribution in [0.15, 0.2) is 16.5 Å². The SMILES string of the molecule is CNCC1OCCN(C(C)C)C1c1ccc(C)o1. The van der Waals surface area contributed by atoms with Crippen molar-refractivity contribution in [3.05, 3.63) is 23.7 Å². The van der Waals surface area contributed by atoms with E-state index in [-0.39, 0.29) is 12.1 Å². The van der Waals surface area contributed by atoms with Crippen LogP contribution in [0, 0.1) is 6.92 Å². The normalized spacial score (nSPS) is 25.8. The molecule has 0 spiro atoms. The van der Waals surface area contributed by atoms with Crippen molar-refractivity contribution < 1.29 is 9.15 Å². The number of rotatable bonds is 4. The molecule has 102 valence electrons. The molecule has 0 bridgehead atoms. The van der Waals surface area contributed by atoms with Crippen LogP contribution in [0.3, 0.4) is 0 Å². The molecule has 0 aliphatic carbocycles. The first-order valence-electron chi connectivity index (χ1n) is 6.71. The summed E-state index contributed by atoms with van der Waals surface area (Å²) in [5, 5.41) is 3.21. The quantitative estimate of drug-likeness (QED) is 0.889. The largest absolute Gasteiger partial charge is 0.465 e. The molecule has 0 amide bonds. The van der Waals surface area contributed by atoms with Gasteiger partial charge in [0, 0.05) is 19.1 Å². The summed E-state index contributed by atoms with van der Waals surface area (Å²) >= 11 is 0. The van der Waals surface area contributed by atoms with Crippen LogP contribution in [0.1, 0.15) is 31.4 Å². The second-order valence-electron chi connectivity index (χ2n) is 5.19. The molecule has 2 rings (SSSR count). The lowest BCUT2D eigenvalue weighted by Crippen LogP contribution is -2.51. The number of nitrogens with one attached hydrogen (secondary N) is 1. The van der Waals surface area contributed by atoms with E-state index in [1.165, 1.54) is 0 Å². The number of aryl methyl sites for hydroxylation is 1. The number of hydrogen-bond donors (Lipinski definition) is 1. The van der Waals surface area contributed by atoms with E-state index in [0.717, 1.165) is 31.2 Å². The Balaban J connectivity index is 2.26. The van der Waals surface area contributed by atoms with E-state index in [1.54, 1.807) is 0 Å². The number of furan rings is 1. The smallest absolute Gasteiger partial charge is 0.124 e. The maximum atomic E-state index is 5.91. The molecule has 18 heavy (non-hydrogen) atoms. The van der Waals surface area contributed by atoms with Gasteiger partial charge in [0.15, 0.2) is 0 Å². The lowest BCUT2D eigenvalue weighted by atomic mass is 10.0. The van der Waals surface area contributed by atoms with E-state index in [0.29, 0.717) is 6.04 Å². The minimum Gasteiger partial charge on any atom is -0.465 e. The lowest BCUT2D eigenvalue weighted by molar-refractivity contribution is -0.0878. The summed E-state index contributed by atoms with van der Waals surface area (Å²) in [5.74, 6) is 1.98. The fourth-order valence-corrected chi connectivity index (χ4v) is 2.66. The summed E-state index contributed by atoms with van der Waals surface area (Å²) in [7, 11) is 1.96. The van der Waals surface area contributed by atoms with E-state index in [1.807, 2.05) is 20.0 Å². The first kappa shape index (κ1) is 13.6. The van der Waals surface area contributed by atoms with Crippen LogP contribution in [-0.4, -0.2) is 43.8 Å². The third-order valence-corrected chi connectivity index (χ3v) is 3.51. The van der Waals surface area contributed by atoms with Crippen molar-refractivity contribution in [2.75, 3.05) is 26.7 Å². The van der Waals surface area contributed by atoms with E-state index in [4.69, 9.17) is 9.15 Å². The van der Waals surface area contributed by atoms with Crippen molar-refractivity contribution in [3.8, 4) is 0 Å². The summed E-state index contributed by atoms with van der Waals surface area (Å²) in [6.07, 6.45) is 0.150. The summed E-state index contributed by atoms with van der Waals surface area (Å²) in [4.78, 5) is 2.46. The molecule has 1 aliphatic rings. The van der Waals surface area contributed by atoms with Crippen molar-refractivity contribution in [3.63, 3.8) is 0 Å². The molecule has 1 aromatic rings. The predicted octanol–water partition coefficient (Wildman–Crippen LogP) is 1.96. The van der Waals surface area contributed by atoms with Crippen molar-refractivity contribution >= 4 is 0 Å². The first-order valence-corrected chi connectivity index (χ1v) is 6.71. The molecule has 4 nitrogen and oxygen atoms in total. The summed E-state index contributed by atoms with van der Waals surface area (Å²) in [6.45, 7) is 9.03. The zero-order valence-electron chi connectivity index (χ0n) is 11.8. The predicted molar refractivity (Wildman–Crippen MR) is 71.7 cm³/mol. The maximum absolute atomic E-state index is 5.91. The van der Waals surface area contributed by atoms with Gasteiger partial charge in [0.25, 0.3) is 0 Å². The van der Waals surface area contributed by atoms with Crippen LogP contribution in [0.4, 0.5) is 0 Å². The van der Waals surface area contributed by atoms with Gasteiger partial charge in [0.1, 0.15) is 11.5 Å². The fraction of sp³-hybridized carbons (Fsp3) is 0.714. The first-order chi connectivity index (χ1) is 8.63. The van der Waals surface area contributed by atoms with E-state index >= 15 is 0 Å². The Morgan fingerprint density at radius 2 is 2.22 bits per heavy atom. The third-order valence-electron chi connectivity index (χ3n) is 3.51. The van der Waals surface area contributed by atoms with Gasteiger partial charge in [-0.2, -0.15) is 0 Å². The highest BCUT2D eigenvalue weighted by Gasteiger charge is 2.36. The lowest BCUT2D eigenvalue weighted by Gasteiger charge is -2.42. The van der Waals surface area contributed by atoms with Crippen molar-refractivity contribution in [2.45, 2.75) is 39.0 Å². The standard InChI is InChI=1S/C14H24N2O2/c1-10(2)16-7-8-17-13(9-15-4)14(16)12-6-5-11(3)18-12/h5-6,10,13-15H,7-9H2,1-4H3. The third kappa shape index (κ3) is 2.76. The Morgan fingerprint density at radius 3 is 2.78 bits per heavy atom. The van der Waals surface area contributed by atoms with Gasteiger partial charge in [-0.3, -0.25) is 4.90 Å². The Bertz CT molecular complexity index is 374. The average molecular weight is 252 g/mol. The highest BCUT2D eigenvalue weighted by Crippen LogP contribution is 2.32. The number of hydrogen-bond acceptors (Lipinski definition) is 4. The minimum absolute atomic E-state index is 0.150. The molecule has 2 heterocycles. The second-order valence-corrected chi connectivity index (χ2v) is 5.19. The molecular weight excluding hydrogens is 228 g/mol. The molecule has 1 fully saturated rings. The zero-order valence-corrected chi connectivity index (χ0v) is 11.8. The van der Waals surface area contributed by atoms with Gasteiger partial charge in [-0.15, -0.1) is 0 Å². The minimum atomic E-state index is 0.150. The second kappa shape index (κ2) is 5.87. The molecule has 0 saturated carbocycles. The number of likely N-dealkylation sites (N-methyl/N-ethyl adjacent to an activating group) is 1. The van der Waals surface area contributed by atoms with Crippen LogP contribution in [0.25, 0.3) is 0 Å². The van der Waals surface area contributed by atoms with Gasteiger partial charge in [-0.05, 0) is 40.0 Å². The van der Waals surface area contributed by atoms with Crippen molar-refractivity contribution in [2.24, 2.45) is 0 Å². The van der Waals surface area contributed by atoms with Gasteiger partial charge >= 0.3 is 0 Å². The highest BCUT2D eigenvalue weighted by molar-refractivity contribution is 5.13. The topological polar surface area (TPSA) is 37.6 Å². The molecule has 1 aromatic heterocycles. The van der Waals surface area contributed by atoms with Crippen LogP contribution in [0.2, 0.25) is 0 Å². The molecule has 1 aliphatic heterocycles. The Kier molecular flexibility index (Phi) is 4.43. The number of nitrogens with zero attached hydrogens (tertiary/aromatic N) is 1. The number of ether oxygens (including phenoxy) is 1. The summed E-state index contributed by atoms with van der Waals surface area (Å²) in [6, 6.07) is 4.80. The highest BCUT2D eigenvalue weighted by atomic mass is 16.5. The van der Waals surface area contributed by atoms with Crippen LogP contribution >= 0.6 is 0 Å². The Labute approximate surface area is 109 Å². The van der Waals surface area contributed by atoms with Gasteiger partial charge in [-0.1, -0.05) is 0 Å². The van der Waals surface area contributed by atoms with Crippen molar-refractivity contribution in [1.82, 2.24) is 10.2 Å². The summed E-state index contributed by atoms with van der Waals surface area (Å²) in [5.41, 5.74) is 0. The molecule has 2 atom stereocenters. The van der Waals surface area contributed by atoms with Crippen LogP contribution < -0.4 is 5.32 Å². The fourth-order valence-electron chi connectivity index (χ4n) is 2.66. The molecule has 0 aromatic carbocycles. The molecular formula is C14H24N2O2. The van der Waals surface area contributed by atoms with E-state index in [9.17, 15) is 0 Å². The van der Waals surface area contributed by atoms with Gasteiger partial charge in [-0.25, -0.2) is 0 Å². The molecule has 2 unspecified atom stereocenters. The molecule has 4 heteroatoms. The summed E-state index contributed by atoms with van der Waals surface area (Å²) < 4.78 is 11.7. The maximum Gasteiger partial charge on any atom is 0.124 e. The van der Waals surface area contributed by atoms with Crippen LogP contribution in [0.5, 0.6) is 0 Å². The Hall–Kier alpha value is -0.840. The zero-order chi connectivity index (χ0) is 13.1. The van der Waals surface area contributed by atoms with Gasteiger partial charge in [0.05, 0.1) is 18.8 Å². The van der Waals surface area contributed by atoms with Crippen molar-refractivity contribution in [1.29, 1.82) is 0 Å².